The Labute approximate surface area is 118 Å². The zero-order chi connectivity index (χ0) is 13.0. The van der Waals surface area contributed by atoms with Crippen LogP contribution in [0.2, 0.25) is 10.0 Å². The van der Waals surface area contributed by atoms with E-state index in [9.17, 15) is 5.11 Å². The Hall–Kier alpha value is -0.280. The molecule has 2 rings (SSSR count). The molecule has 18 heavy (non-hydrogen) atoms. The maximum Gasteiger partial charge on any atom is 0.0804 e. The molecule has 2 unspecified atom stereocenters. The summed E-state index contributed by atoms with van der Waals surface area (Å²) in [6.45, 7) is 0.885. The van der Waals surface area contributed by atoms with E-state index < -0.39 is 6.10 Å². The number of aliphatic hydroxyl groups is 1. The average Bonchev–Trinajstić information content (AvgIpc) is 2.81. The van der Waals surface area contributed by atoms with E-state index in [1.54, 1.807) is 18.2 Å². The van der Waals surface area contributed by atoms with Gasteiger partial charge in [-0.25, -0.2) is 0 Å². The fraction of sp³-hybridized carbons (Fsp3) is 0.571. The summed E-state index contributed by atoms with van der Waals surface area (Å²) in [4.78, 5) is 0. The fourth-order valence-electron chi connectivity index (χ4n) is 2.34. The zero-order valence-corrected chi connectivity index (χ0v) is 11.8. The number of hydrogen-bond acceptors (Lipinski definition) is 2. The third kappa shape index (κ3) is 3.86. The summed E-state index contributed by atoms with van der Waals surface area (Å²) in [6, 6.07) is 5.22. The molecule has 1 saturated heterocycles. The van der Waals surface area contributed by atoms with Crippen LogP contribution in [0.15, 0.2) is 18.2 Å². The van der Waals surface area contributed by atoms with Gasteiger partial charge in [-0.15, -0.1) is 0 Å². The van der Waals surface area contributed by atoms with E-state index in [-0.39, 0.29) is 0 Å². The highest BCUT2D eigenvalue weighted by Gasteiger charge is 2.17. The molecule has 2 nitrogen and oxygen atoms in total. The molecule has 0 amide bonds. The van der Waals surface area contributed by atoms with Crippen molar-refractivity contribution in [3.05, 3.63) is 33.8 Å². The summed E-state index contributed by atoms with van der Waals surface area (Å²) in [6.07, 6.45) is 4.86. The van der Waals surface area contributed by atoms with Gasteiger partial charge in [-0.1, -0.05) is 29.3 Å². The first-order valence-corrected chi connectivity index (χ1v) is 7.17. The van der Waals surface area contributed by atoms with Crippen molar-refractivity contribution in [2.75, 3.05) is 6.61 Å². The van der Waals surface area contributed by atoms with Gasteiger partial charge in [0, 0.05) is 16.7 Å². The monoisotopic (exact) mass is 288 g/mol. The van der Waals surface area contributed by atoms with Crippen LogP contribution in [0, 0.1) is 0 Å². The maximum absolute atomic E-state index is 10.1. The van der Waals surface area contributed by atoms with Crippen molar-refractivity contribution in [1.82, 2.24) is 0 Å². The number of ether oxygens (including phenoxy) is 1. The summed E-state index contributed by atoms with van der Waals surface area (Å²) < 4.78 is 5.55. The molecule has 2 atom stereocenters. The molecule has 1 fully saturated rings. The maximum atomic E-state index is 10.1. The van der Waals surface area contributed by atoms with E-state index in [1.807, 2.05) is 0 Å². The van der Waals surface area contributed by atoms with E-state index in [2.05, 4.69) is 0 Å². The fourth-order valence-corrected chi connectivity index (χ4v) is 2.87. The molecule has 0 aliphatic carbocycles. The third-order valence-electron chi connectivity index (χ3n) is 3.35. The van der Waals surface area contributed by atoms with E-state index in [0.717, 1.165) is 37.9 Å². The van der Waals surface area contributed by atoms with Gasteiger partial charge in [-0.05, 0) is 49.8 Å². The quantitative estimate of drug-likeness (QED) is 0.871. The van der Waals surface area contributed by atoms with Crippen LogP contribution in [0.1, 0.15) is 43.8 Å². The van der Waals surface area contributed by atoms with Crippen LogP contribution in [0.5, 0.6) is 0 Å². The number of rotatable bonds is 5. The first-order chi connectivity index (χ1) is 8.66. The second kappa shape index (κ2) is 6.76. The van der Waals surface area contributed by atoms with Gasteiger partial charge in [0.05, 0.1) is 12.2 Å². The minimum atomic E-state index is -0.517. The van der Waals surface area contributed by atoms with Crippen molar-refractivity contribution in [3.63, 3.8) is 0 Å². The number of hydrogen-bond donors (Lipinski definition) is 1. The Morgan fingerprint density at radius 2 is 2.22 bits per heavy atom. The highest BCUT2D eigenvalue weighted by Crippen LogP contribution is 2.29. The smallest absolute Gasteiger partial charge is 0.0804 e. The lowest BCUT2D eigenvalue weighted by Crippen LogP contribution is -2.06. The average molecular weight is 289 g/mol. The van der Waals surface area contributed by atoms with Crippen LogP contribution in [0.3, 0.4) is 0 Å². The summed E-state index contributed by atoms with van der Waals surface area (Å²) in [5.41, 5.74) is 0.758. The molecule has 0 saturated carbocycles. The van der Waals surface area contributed by atoms with Crippen molar-refractivity contribution in [2.24, 2.45) is 0 Å². The van der Waals surface area contributed by atoms with Crippen LogP contribution < -0.4 is 0 Å². The Kier molecular flexibility index (Phi) is 5.31. The van der Waals surface area contributed by atoms with Gasteiger partial charge in [-0.2, -0.15) is 0 Å². The number of benzene rings is 1. The molecule has 100 valence electrons. The third-order valence-corrected chi connectivity index (χ3v) is 3.91. The van der Waals surface area contributed by atoms with Crippen LogP contribution in [-0.2, 0) is 4.74 Å². The van der Waals surface area contributed by atoms with Crippen molar-refractivity contribution < 1.29 is 9.84 Å². The van der Waals surface area contributed by atoms with Crippen molar-refractivity contribution in [3.8, 4) is 0 Å². The molecular formula is C14H18Cl2O2. The summed E-state index contributed by atoms with van der Waals surface area (Å²) in [5, 5.41) is 11.2. The van der Waals surface area contributed by atoms with E-state index in [1.165, 1.54) is 0 Å². The summed E-state index contributed by atoms with van der Waals surface area (Å²) in [5.74, 6) is 0. The molecule has 1 aliphatic heterocycles. The Bertz CT molecular complexity index is 389. The largest absolute Gasteiger partial charge is 0.388 e. The van der Waals surface area contributed by atoms with Gasteiger partial charge in [0.25, 0.3) is 0 Å². The number of halogens is 2. The van der Waals surface area contributed by atoms with Crippen molar-refractivity contribution in [1.29, 1.82) is 0 Å². The summed E-state index contributed by atoms with van der Waals surface area (Å²) >= 11 is 11.9. The molecule has 0 radical (unpaired) electrons. The van der Waals surface area contributed by atoms with E-state index in [4.69, 9.17) is 27.9 Å². The van der Waals surface area contributed by atoms with Crippen LogP contribution >= 0.6 is 23.2 Å². The topological polar surface area (TPSA) is 29.5 Å². The molecular weight excluding hydrogens is 271 g/mol. The molecule has 4 heteroatoms. The van der Waals surface area contributed by atoms with Gasteiger partial charge in [-0.3, -0.25) is 0 Å². The second-order valence-electron chi connectivity index (χ2n) is 4.75. The van der Waals surface area contributed by atoms with Crippen molar-refractivity contribution >= 4 is 23.2 Å². The minimum Gasteiger partial charge on any atom is -0.388 e. The van der Waals surface area contributed by atoms with E-state index >= 15 is 0 Å². The lowest BCUT2D eigenvalue weighted by Gasteiger charge is -2.14. The van der Waals surface area contributed by atoms with Gasteiger partial charge < -0.3 is 9.84 Å². The first kappa shape index (κ1) is 14.1. The minimum absolute atomic E-state index is 0.387. The predicted octanol–water partition coefficient (Wildman–Crippen LogP) is 4.38. The van der Waals surface area contributed by atoms with Gasteiger partial charge in [0.1, 0.15) is 0 Å². The van der Waals surface area contributed by atoms with Crippen molar-refractivity contribution in [2.45, 2.75) is 44.3 Å². The van der Waals surface area contributed by atoms with Crippen LogP contribution in [-0.4, -0.2) is 17.8 Å². The highest BCUT2D eigenvalue weighted by atomic mass is 35.5. The Balaban J connectivity index is 1.81. The first-order valence-electron chi connectivity index (χ1n) is 6.41. The summed E-state index contributed by atoms with van der Waals surface area (Å²) in [7, 11) is 0. The highest BCUT2D eigenvalue weighted by molar-refractivity contribution is 6.35. The zero-order valence-electron chi connectivity index (χ0n) is 10.2. The Morgan fingerprint density at radius 1 is 1.39 bits per heavy atom. The molecule has 0 bridgehead atoms. The lowest BCUT2D eigenvalue weighted by atomic mass is 10.0. The molecule has 1 aliphatic rings. The molecule has 1 heterocycles. The molecule has 0 aromatic heterocycles. The molecule has 0 spiro atoms. The normalized spacial score (nSPS) is 21.2. The predicted molar refractivity (Wildman–Crippen MR) is 74.2 cm³/mol. The van der Waals surface area contributed by atoms with Crippen LogP contribution in [0.4, 0.5) is 0 Å². The molecule has 1 aromatic carbocycles. The van der Waals surface area contributed by atoms with Crippen LogP contribution in [0.25, 0.3) is 0 Å². The number of aliphatic hydroxyl groups excluding tert-OH is 1. The van der Waals surface area contributed by atoms with Gasteiger partial charge in [0.15, 0.2) is 0 Å². The standard InChI is InChI=1S/C14H18Cl2O2/c15-10-6-7-12(13(16)9-10)14(17)5-1-3-11-4-2-8-18-11/h6-7,9,11,14,17H,1-5,8H2. The molecule has 1 N–H and O–H groups in total. The lowest BCUT2D eigenvalue weighted by molar-refractivity contribution is 0.0945. The van der Waals surface area contributed by atoms with Gasteiger partial charge in [0.2, 0.25) is 0 Å². The molecule has 1 aromatic rings. The van der Waals surface area contributed by atoms with Gasteiger partial charge >= 0.3 is 0 Å². The van der Waals surface area contributed by atoms with E-state index in [0.29, 0.717) is 22.6 Å². The Morgan fingerprint density at radius 3 is 2.89 bits per heavy atom. The SMILES string of the molecule is OC(CCCC1CCCO1)c1ccc(Cl)cc1Cl. The second-order valence-corrected chi connectivity index (χ2v) is 5.59.